The first-order valence-electron chi connectivity index (χ1n) is 20.5. The molecule has 0 radical (unpaired) electrons. The van der Waals surface area contributed by atoms with Gasteiger partial charge >= 0.3 is 23.9 Å². The largest absolute Gasteiger partial charge is 0.480 e. The fourth-order valence-corrected chi connectivity index (χ4v) is 6.19. The van der Waals surface area contributed by atoms with E-state index in [4.69, 9.17) is 23.7 Å². The van der Waals surface area contributed by atoms with Gasteiger partial charge in [0, 0.05) is 97.0 Å². The maximum atomic E-state index is 12.6. The number of carbonyl (C=O) groups is 8. The van der Waals surface area contributed by atoms with Crippen LogP contribution in [0.1, 0.15) is 19.3 Å². The highest BCUT2D eigenvalue weighted by atomic mass is 16.6. The van der Waals surface area contributed by atoms with Gasteiger partial charge in [0.1, 0.15) is 6.04 Å². The molecule has 2 aliphatic rings. The number of hydrogen-bond donors (Lipinski definition) is 6. The number of amides is 4. The van der Waals surface area contributed by atoms with Crippen LogP contribution in [-0.2, 0) is 62.0 Å². The number of hydrogen-bond acceptors (Lipinski definition) is 17. The van der Waals surface area contributed by atoms with E-state index in [-0.39, 0.29) is 143 Å². The quantitative estimate of drug-likeness (QED) is 0.0280. The minimum Gasteiger partial charge on any atom is -0.480 e. The Morgan fingerprint density at radius 3 is 1.21 bits per heavy atom. The number of ether oxygens (including phenoxy) is 5. The molecule has 24 nitrogen and oxygen atoms in total. The Balaban J connectivity index is 1.55. The number of imide groups is 1. The van der Waals surface area contributed by atoms with E-state index in [0.29, 0.717) is 46.2 Å². The van der Waals surface area contributed by atoms with Crippen molar-refractivity contribution in [3.05, 3.63) is 12.2 Å². The minimum atomic E-state index is -1.18. The molecule has 4 amide bonds. The summed E-state index contributed by atoms with van der Waals surface area (Å²) < 4.78 is 27.2. The molecule has 0 spiro atoms. The second-order valence-electron chi connectivity index (χ2n) is 14.1. The Morgan fingerprint density at radius 2 is 0.855 bits per heavy atom. The van der Waals surface area contributed by atoms with Gasteiger partial charge < -0.3 is 54.7 Å². The average Bonchev–Trinajstić information content (AvgIpc) is 3.53. The molecule has 0 bridgehead atoms. The zero-order valence-electron chi connectivity index (χ0n) is 35.2. The first-order chi connectivity index (χ1) is 29.7. The van der Waals surface area contributed by atoms with Gasteiger partial charge in [0.25, 0.3) is 11.8 Å². The van der Waals surface area contributed by atoms with E-state index in [0.717, 1.165) is 4.90 Å². The zero-order chi connectivity index (χ0) is 45.5. The van der Waals surface area contributed by atoms with Gasteiger partial charge in [-0.2, -0.15) is 0 Å². The summed E-state index contributed by atoms with van der Waals surface area (Å²) in [7, 11) is 0. The first kappa shape index (κ1) is 53.5. The average molecular weight is 890 g/mol. The van der Waals surface area contributed by atoms with Crippen LogP contribution in [0.2, 0.25) is 0 Å². The molecule has 0 saturated carbocycles. The molecule has 2 heterocycles. The van der Waals surface area contributed by atoms with Crippen molar-refractivity contribution < 1.29 is 82.5 Å². The predicted molar refractivity (Wildman–Crippen MR) is 215 cm³/mol. The third-order valence-electron chi connectivity index (χ3n) is 9.41. The lowest BCUT2D eigenvalue weighted by atomic mass is 10.1. The SMILES string of the molecule is O=C(O)CN1CCN(CC(=O)O)CCN(C(CCC(=O)NCCOCCOCCOCCOCCOCCNC(=O)CCN2C(=O)C=CC2=O)C(=O)O)CCN(CC(=O)O)CC1. The van der Waals surface area contributed by atoms with E-state index in [2.05, 4.69) is 10.6 Å². The lowest BCUT2D eigenvalue weighted by Crippen LogP contribution is -2.52. The summed E-state index contributed by atoms with van der Waals surface area (Å²) in [5.41, 5.74) is 0. The van der Waals surface area contributed by atoms with Crippen molar-refractivity contribution in [2.75, 3.05) is 158 Å². The van der Waals surface area contributed by atoms with Gasteiger partial charge in [-0.05, 0) is 6.42 Å². The molecule has 24 heteroatoms. The summed E-state index contributed by atoms with van der Waals surface area (Å²) in [6.45, 7) is 3.90. The molecule has 0 aromatic heterocycles. The Morgan fingerprint density at radius 1 is 0.516 bits per heavy atom. The molecule has 0 aliphatic carbocycles. The third-order valence-corrected chi connectivity index (χ3v) is 9.41. The number of carboxylic acids is 4. The van der Waals surface area contributed by atoms with Crippen LogP contribution in [0, 0.1) is 0 Å². The van der Waals surface area contributed by atoms with Crippen molar-refractivity contribution in [1.29, 1.82) is 0 Å². The van der Waals surface area contributed by atoms with Crippen molar-refractivity contribution in [3.8, 4) is 0 Å². The van der Waals surface area contributed by atoms with Gasteiger partial charge in [0.15, 0.2) is 0 Å². The summed E-state index contributed by atoms with van der Waals surface area (Å²) >= 11 is 0. The lowest BCUT2D eigenvalue weighted by molar-refractivity contribution is -0.145. The molecule has 1 fully saturated rings. The maximum absolute atomic E-state index is 12.6. The molecule has 6 N–H and O–H groups in total. The van der Waals surface area contributed by atoms with Gasteiger partial charge in [-0.3, -0.25) is 62.9 Å². The second-order valence-corrected chi connectivity index (χ2v) is 14.1. The molecule has 2 rings (SSSR count). The van der Waals surface area contributed by atoms with Gasteiger partial charge in [-0.25, -0.2) is 0 Å². The van der Waals surface area contributed by atoms with E-state index >= 15 is 0 Å². The standard InChI is InChI=1S/C38H63N7O17/c46-31(2-1-30(38(56)57)44-15-13-42(28-36(52)53)11-9-41(27-35(50)51)10-12-43(14-16-44)29-37(54)55)39-6-17-58-19-21-60-23-25-62-26-24-61-22-20-59-18-7-40-32(47)5-8-45-33(48)3-4-34(45)49/h3-4,30H,1-2,5-29H2,(H,39,46)(H,40,47)(H,50,51)(H,52,53)(H,54,55)(H,56,57). The molecule has 1 unspecified atom stereocenters. The van der Waals surface area contributed by atoms with Crippen LogP contribution in [0.15, 0.2) is 12.2 Å². The third kappa shape index (κ3) is 25.3. The van der Waals surface area contributed by atoms with Gasteiger partial charge in [0.2, 0.25) is 11.8 Å². The monoisotopic (exact) mass is 889 g/mol. The normalized spacial score (nSPS) is 16.7. The van der Waals surface area contributed by atoms with Crippen molar-refractivity contribution in [3.63, 3.8) is 0 Å². The van der Waals surface area contributed by atoms with Gasteiger partial charge in [0.05, 0.1) is 85.7 Å². The number of aliphatic carboxylic acids is 4. The molecule has 62 heavy (non-hydrogen) atoms. The van der Waals surface area contributed by atoms with E-state index in [9.17, 15) is 58.8 Å². The Labute approximate surface area is 359 Å². The molecule has 2 aliphatic heterocycles. The van der Waals surface area contributed by atoms with Crippen LogP contribution >= 0.6 is 0 Å². The second kappa shape index (κ2) is 32.1. The fraction of sp³-hybridized carbons (Fsp3) is 0.737. The molecule has 0 aromatic rings. The molecule has 1 saturated heterocycles. The topological polar surface area (TPSA) is 304 Å². The van der Waals surface area contributed by atoms with Crippen LogP contribution in [0.5, 0.6) is 0 Å². The van der Waals surface area contributed by atoms with E-state index in [1.54, 1.807) is 19.6 Å². The summed E-state index contributed by atoms with van der Waals surface area (Å²) in [6, 6.07) is -1.12. The summed E-state index contributed by atoms with van der Waals surface area (Å²) in [5, 5.41) is 43.7. The molecule has 1 atom stereocenters. The predicted octanol–water partition coefficient (Wildman–Crippen LogP) is -3.67. The van der Waals surface area contributed by atoms with Gasteiger partial charge in [-0.15, -0.1) is 0 Å². The van der Waals surface area contributed by atoms with Crippen LogP contribution in [0.4, 0.5) is 0 Å². The Kier molecular flexibility index (Phi) is 27.7. The lowest BCUT2D eigenvalue weighted by Gasteiger charge is -2.35. The zero-order valence-corrected chi connectivity index (χ0v) is 35.2. The number of nitrogens with zero attached hydrogens (tertiary/aromatic N) is 5. The van der Waals surface area contributed by atoms with E-state index < -0.39 is 41.7 Å². The van der Waals surface area contributed by atoms with Gasteiger partial charge in [-0.1, -0.05) is 0 Å². The summed E-state index contributed by atoms with van der Waals surface area (Å²) in [5.74, 6) is -5.98. The number of nitrogens with one attached hydrogen (secondary N) is 2. The molecule has 352 valence electrons. The van der Waals surface area contributed by atoms with Crippen LogP contribution < -0.4 is 10.6 Å². The van der Waals surface area contributed by atoms with Crippen molar-refractivity contribution in [2.24, 2.45) is 0 Å². The number of rotatable bonds is 32. The highest BCUT2D eigenvalue weighted by molar-refractivity contribution is 6.13. The maximum Gasteiger partial charge on any atom is 0.320 e. The molecular weight excluding hydrogens is 826 g/mol. The first-order valence-corrected chi connectivity index (χ1v) is 20.5. The van der Waals surface area contributed by atoms with Crippen molar-refractivity contribution in [2.45, 2.75) is 25.3 Å². The van der Waals surface area contributed by atoms with E-state index in [1.807, 2.05) is 0 Å². The fourth-order valence-electron chi connectivity index (χ4n) is 6.19. The Bertz CT molecular complexity index is 1400. The molecular formula is C38H63N7O17. The molecule has 0 aromatic carbocycles. The number of carbonyl (C=O) groups excluding carboxylic acids is 4. The van der Waals surface area contributed by atoms with Crippen LogP contribution in [-0.4, -0.2) is 256 Å². The minimum absolute atomic E-state index is 0.0132. The van der Waals surface area contributed by atoms with Crippen LogP contribution in [0.3, 0.4) is 0 Å². The van der Waals surface area contributed by atoms with Crippen molar-refractivity contribution in [1.82, 2.24) is 35.1 Å². The Hall–Kier alpha value is -4.66. The van der Waals surface area contributed by atoms with E-state index in [1.165, 1.54) is 12.2 Å². The van der Waals surface area contributed by atoms with Crippen LogP contribution in [0.25, 0.3) is 0 Å². The van der Waals surface area contributed by atoms with Crippen molar-refractivity contribution >= 4 is 47.5 Å². The number of carboxylic acid groups (broad SMARTS) is 4. The summed E-state index contributed by atoms with van der Waals surface area (Å²) in [4.78, 5) is 102. The summed E-state index contributed by atoms with van der Waals surface area (Å²) in [6.07, 6.45) is 2.18. The highest BCUT2D eigenvalue weighted by Crippen LogP contribution is 2.11. The smallest absolute Gasteiger partial charge is 0.320 e. The highest BCUT2D eigenvalue weighted by Gasteiger charge is 2.29.